The van der Waals surface area contributed by atoms with Crippen LogP contribution >= 0.6 is 0 Å². The van der Waals surface area contributed by atoms with Crippen molar-refractivity contribution in [1.29, 1.82) is 5.26 Å². The molecular formula is C30H31N5O6. The maximum Gasteiger partial charge on any atom is 0.235 e. The number of carbonyl (C=O) groups excluding carboxylic acids is 5. The number of aromatic hydroxyl groups is 1. The van der Waals surface area contributed by atoms with Gasteiger partial charge in [0.15, 0.2) is 34.5 Å². The van der Waals surface area contributed by atoms with Gasteiger partial charge in [-0.25, -0.2) is 0 Å². The van der Waals surface area contributed by atoms with Crippen molar-refractivity contribution in [3.05, 3.63) is 40.5 Å². The Hall–Kier alpha value is -4.16. The van der Waals surface area contributed by atoms with Crippen LogP contribution in [0.5, 0.6) is 5.75 Å². The predicted octanol–water partition coefficient (Wildman–Crippen LogP) is -0.340. The Morgan fingerprint density at radius 3 is 2.39 bits per heavy atom. The molecule has 2 saturated carbocycles. The predicted molar refractivity (Wildman–Crippen MR) is 145 cm³/mol. The number of fused-ring (bicyclic) bond motifs is 3. The van der Waals surface area contributed by atoms with Gasteiger partial charge < -0.3 is 22.3 Å². The van der Waals surface area contributed by atoms with Crippen LogP contribution in [0.15, 0.2) is 23.8 Å². The first kappa shape index (κ1) is 28.4. The molecule has 5 rings (SSSR count). The summed E-state index contributed by atoms with van der Waals surface area (Å²) in [7, 11) is 2.92. The third-order valence-electron chi connectivity index (χ3n) is 9.12. The molecule has 0 spiro atoms. The number of nitriles is 1. The van der Waals surface area contributed by atoms with Gasteiger partial charge in [0.25, 0.3) is 0 Å². The molecule has 41 heavy (non-hydrogen) atoms. The third kappa shape index (κ3) is 3.73. The van der Waals surface area contributed by atoms with Crippen LogP contribution < -0.4 is 17.2 Å². The smallest absolute Gasteiger partial charge is 0.235 e. The Balaban J connectivity index is 1.72. The number of phenols is 1. The fourth-order valence-corrected chi connectivity index (χ4v) is 7.42. The number of nitrogens with two attached hydrogens (primary N) is 3. The quantitative estimate of drug-likeness (QED) is 0.274. The molecule has 0 aromatic heterocycles. The van der Waals surface area contributed by atoms with Crippen LogP contribution in [-0.2, 0) is 25.6 Å². The summed E-state index contributed by atoms with van der Waals surface area (Å²) in [6, 6.07) is 3.11. The van der Waals surface area contributed by atoms with Crippen molar-refractivity contribution >= 4 is 29.0 Å². The Bertz CT molecular complexity index is 1580. The first-order chi connectivity index (χ1) is 19.2. The SMILES string of the molecule is CN(C)[C@@H]1C(=O)C(C(N)=O)C(=O)[C@@]2(C#N)C(=O)C3C(=O)c4c(O)ccc(C#CC5=CCCCC5)c4C[C@@]3(N)C[C@@]12N. The number of hydrogen-bond acceptors (Lipinski definition) is 10. The lowest BCUT2D eigenvalue weighted by Crippen LogP contribution is -2.85. The van der Waals surface area contributed by atoms with Crippen LogP contribution in [0.3, 0.4) is 0 Å². The Labute approximate surface area is 236 Å². The number of likely N-dealkylation sites (N-methyl/N-ethyl adjacent to an activating group) is 1. The monoisotopic (exact) mass is 557 g/mol. The average molecular weight is 558 g/mol. The van der Waals surface area contributed by atoms with E-state index < -0.39 is 75.6 Å². The van der Waals surface area contributed by atoms with Gasteiger partial charge in [0.05, 0.1) is 23.2 Å². The number of benzene rings is 1. The molecule has 4 aliphatic rings. The zero-order chi connectivity index (χ0) is 30.1. The number of hydrogen-bond donors (Lipinski definition) is 4. The van der Waals surface area contributed by atoms with E-state index in [4.69, 9.17) is 17.2 Å². The van der Waals surface area contributed by atoms with Gasteiger partial charge in [-0.05, 0) is 75.9 Å². The summed E-state index contributed by atoms with van der Waals surface area (Å²) in [6.07, 6.45) is 5.30. The summed E-state index contributed by atoms with van der Waals surface area (Å²) in [5, 5.41) is 21.2. The molecule has 11 heteroatoms. The van der Waals surface area contributed by atoms with Crippen LogP contribution in [0.25, 0.3) is 0 Å². The number of primary amides is 1. The lowest BCUT2D eigenvalue weighted by atomic mass is 9.42. The number of carbonyl (C=O) groups is 5. The minimum Gasteiger partial charge on any atom is -0.507 e. The molecule has 2 fully saturated rings. The van der Waals surface area contributed by atoms with E-state index >= 15 is 0 Å². The van der Waals surface area contributed by atoms with Crippen molar-refractivity contribution in [1.82, 2.24) is 4.90 Å². The van der Waals surface area contributed by atoms with Crippen molar-refractivity contribution in [3.8, 4) is 23.7 Å². The number of Topliss-reactive ketones (excluding diaryl/α,β-unsaturated/α-hetero) is 4. The molecule has 0 bridgehead atoms. The number of phenolic OH excluding ortho intramolecular Hbond substituents is 1. The lowest BCUT2D eigenvalue weighted by Gasteiger charge is -2.60. The second-order valence-electron chi connectivity index (χ2n) is 11.8. The zero-order valence-corrected chi connectivity index (χ0v) is 22.8. The largest absolute Gasteiger partial charge is 0.507 e. The molecule has 1 aromatic rings. The standard InChI is InChI=1S/C30H31N5O6/c1-35(2)24-23(38)20(27(32)41)25(39)29(14-31)26(40)21-22(37)19-17(12-28(21,33)13-30(24,29)34)16(10-11-18(19)36)9-8-15-6-4-3-5-7-15/h6,10-11,20-21,24,36H,3-5,7,12-13,33-34H2,1-2H3,(H2,32,41)/t20?,21?,24-,28-,29+,30-/m1/s1. The van der Waals surface area contributed by atoms with E-state index in [-0.39, 0.29) is 12.0 Å². The number of rotatable bonds is 2. The molecule has 0 radical (unpaired) electrons. The Morgan fingerprint density at radius 1 is 1.10 bits per heavy atom. The summed E-state index contributed by atoms with van der Waals surface area (Å²) >= 11 is 0. The minimum absolute atomic E-state index is 0.149. The average Bonchev–Trinajstić information content (AvgIpc) is 2.87. The highest BCUT2D eigenvalue weighted by Crippen LogP contribution is 2.56. The second-order valence-corrected chi connectivity index (χ2v) is 11.8. The van der Waals surface area contributed by atoms with Gasteiger partial charge in [-0.2, -0.15) is 5.26 Å². The van der Waals surface area contributed by atoms with Crippen LogP contribution in [0.1, 0.15) is 53.6 Å². The van der Waals surface area contributed by atoms with E-state index in [9.17, 15) is 34.3 Å². The Morgan fingerprint density at radius 2 is 1.80 bits per heavy atom. The number of amides is 1. The van der Waals surface area contributed by atoms with Gasteiger partial charge >= 0.3 is 0 Å². The van der Waals surface area contributed by atoms with Crippen LogP contribution in [0.2, 0.25) is 0 Å². The summed E-state index contributed by atoms with van der Waals surface area (Å²) in [5.74, 6) is -3.74. The second kappa shape index (κ2) is 9.45. The summed E-state index contributed by atoms with van der Waals surface area (Å²) in [6.45, 7) is 0. The highest BCUT2D eigenvalue weighted by molar-refractivity contribution is 6.33. The van der Waals surface area contributed by atoms with Crippen LogP contribution in [0.4, 0.5) is 0 Å². The molecule has 0 aliphatic heterocycles. The van der Waals surface area contributed by atoms with Crippen LogP contribution in [0, 0.1) is 40.4 Å². The molecule has 1 amide bonds. The van der Waals surface area contributed by atoms with E-state index in [1.54, 1.807) is 12.1 Å². The topological polar surface area (TPSA) is 211 Å². The fraction of sp³-hybridized carbons (Fsp3) is 0.467. The molecule has 11 nitrogen and oxygen atoms in total. The molecule has 2 unspecified atom stereocenters. The molecule has 7 N–H and O–H groups in total. The first-order valence-corrected chi connectivity index (χ1v) is 13.4. The fourth-order valence-electron chi connectivity index (χ4n) is 7.42. The first-order valence-electron chi connectivity index (χ1n) is 13.4. The third-order valence-corrected chi connectivity index (χ3v) is 9.12. The van der Waals surface area contributed by atoms with Crippen LogP contribution in [-0.4, -0.2) is 70.3 Å². The van der Waals surface area contributed by atoms with Gasteiger partial charge in [-0.15, -0.1) is 0 Å². The molecule has 212 valence electrons. The highest BCUT2D eigenvalue weighted by Gasteiger charge is 2.78. The van der Waals surface area contributed by atoms with Gasteiger partial charge in [-0.3, -0.25) is 28.9 Å². The highest BCUT2D eigenvalue weighted by atomic mass is 16.3. The molecule has 0 heterocycles. The van der Waals surface area contributed by atoms with Gasteiger partial charge in [0, 0.05) is 11.1 Å². The maximum absolute atomic E-state index is 14.3. The molecule has 4 aliphatic carbocycles. The van der Waals surface area contributed by atoms with Crippen molar-refractivity contribution in [3.63, 3.8) is 0 Å². The number of ketones is 4. The van der Waals surface area contributed by atoms with E-state index in [0.717, 1.165) is 31.3 Å². The Kier molecular flexibility index (Phi) is 6.54. The maximum atomic E-state index is 14.3. The molecule has 0 saturated heterocycles. The number of allylic oxidation sites excluding steroid dienone is 2. The van der Waals surface area contributed by atoms with E-state index in [0.29, 0.717) is 11.1 Å². The van der Waals surface area contributed by atoms with Gasteiger partial charge in [-0.1, -0.05) is 17.9 Å². The van der Waals surface area contributed by atoms with Crippen molar-refractivity contribution in [2.24, 2.45) is 34.5 Å². The summed E-state index contributed by atoms with van der Waals surface area (Å²) in [4.78, 5) is 69.2. The normalized spacial score (nSPS) is 34.4. The molecular weight excluding hydrogens is 526 g/mol. The van der Waals surface area contributed by atoms with E-state index in [2.05, 4.69) is 17.9 Å². The van der Waals surface area contributed by atoms with E-state index in [1.807, 2.05) is 0 Å². The van der Waals surface area contributed by atoms with Gasteiger partial charge in [0.2, 0.25) is 5.91 Å². The van der Waals surface area contributed by atoms with Gasteiger partial charge in [0.1, 0.15) is 11.7 Å². The van der Waals surface area contributed by atoms with Crippen molar-refractivity contribution in [2.75, 3.05) is 14.1 Å². The summed E-state index contributed by atoms with van der Waals surface area (Å²) in [5.41, 5.74) is 13.9. The molecule has 6 atom stereocenters. The zero-order valence-electron chi connectivity index (χ0n) is 22.8. The van der Waals surface area contributed by atoms with E-state index in [1.165, 1.54) is 25.1 Å². The van der Waals surface area contributed by atoms with Crippen molar-refractivity contribution < 1.29 is 29.1 Å². The lowest BCUT2D eigenvalue weighted by molar-refractivity contribution is -0.166. The minimum atomic E-state index is -2.77. The number of nitrogens with zero attached hydrogens (tertiary/aromatic N) is 2. The van der Waals surface area contributed by atoms with Crippen molar-refractivity contribution in [2.45, 2.75) is 55.6 Å². The summed E-state index contributed by atoms with van der Waals surface area (Å²) < 4.78 is 0. The molecule has 1 aromatic carbocycles.